The van der Waals surface area contributed by atoms with Gasteiger partial charge in [0.25, 0.3) is 0 Å². The van der Waals surface area contributed by atoms with Crippen LogP contribution in [0.1, 0.15) is 30.3 Å². The van der Waals surface area contributed by atoms with Crippen molar-refractivity contribution in [1.82, 2.24) is 0 Å². The maximum atomic E-state index is 11.6. The molecule has 0 aliphatic rings. The van der Waals surface area contributed by atoms with E-state index in [0.29, 0.717) is 12.2 Å². The Balaban J connectivity index is 2.11. The fourth-order valence-corrected chi connectivity index (χ4v) is 1.46. The zero-order valence-electron chi connectivity index (χ0n) is 9.23. The van der Waals surface area contributed by atoms with Crippen molar-refractivity contribution in [3.05, 3.63) is 36.1 Å². The first kappa shape index (κ1) is 10.7. The third kappa shape index (κ3) is 2.24. The average molecular weight is 218 g/mol. The Bertz CT molecular complexity index is 452. The molecule has 84 valence electrons. The van der Waals surface area contributed by atoms with E-state index in [1.54, 1.807) is 6.07 Å². The van der Waals surface area contributed by atoms with Gasteiger partial charge in [0.1, 0.15) is 5.58 Å². The number of ether oxygens (including phenoxy) is 1. The van der Waals surface area contributed by atoms with Gasteiger partial charge in [-0.3, -0.25) is 0 Å². The molecule has 0 spiro atoms. The molecule has 1 aromatic carbocycles. The highest BCUT2D eigenvalue weighted by Gasteiger charge is 2.12. The number of furan rings is 1. The van der Waals surface area contributed by atoms with E-state index in [9.17, 15) is 4.79 Å². The van der Waals surface area contributed by atoms with E-state index in [4.69, 9.17) is 9.15 Å². The van der Waals surface area contributed by atoms with E-state index in [-0.39, 0.29) is 11.7 Å². The van der Waals surface area contributed by atoms with Gasteiger partial charge in [-0.05, 0) is 18.6 Å². The number of unbranched alkanes of at least 4 members (excludes halogenated alkanes) is 1. The highest BCUT2D eigenvalue weighted by atomic mass is 16.5. The fourth-order valence-electron chi connectivity index (χ4n) is 1.46. The SMILES string of the molecule is CCCCOC(=O)c1cc2ccccc2o1. The molecule has 0 unspecified atom stereocenters. The van der Waals surface area contributed by atoms with Gasteiger partial charge in [-0.1, -0.05) is 31.5 Å². The number of hydrogen-bond donors (Lipinski definition) is 0. The molecule has 3 heteroatoms. The summed E-state index contributed by atoms with van der Waals surface area (Å²) < 4.78 is 10.5. The number of para-hydroxylation sites is 1. The number of esters is 1. The molecule has 16 heavy (non-hydrogen) atoms. The zero-order chi connectivity index (χ0) is 11.4. The van der Waals surface area contributed by atoms with Gasteiger partial charge in [-0.15, -0.1) is 0 Å². The van der Waals surface area contributed by atoms with Crippen LogP contribution < -0.4 is 0 Å². The number of fused-ring (bicyclic) bond motifs is 1. The van der Waals surface area contributed by atoms with E-state index < -0.39 is 0 Å². The average Bonchev–Trinajstić information content (AvgIpc) is 2.73. The quantitative estimate of drug-likeness (QED) is 0.583. The molecule has 2 rings (SSSR count). The highest BCUT2D eigenvalue weighted by molar-refractivity contribution is 5.92. The van der Waals surface area contributed by atoms with Crippen LogP contribution >= 0.6 is 0 Å². The maximum Gasteiger partial charge on any atom is 0.374 e. The van der Waals surface area contributed by atoms with Gasteiger partial charge in [0.15, 0.2) is 0 Å². The van der Waals surface area contributed by atoms with Crippen LogP contribution in [0.4, 0.5) is 0 Å². The molecule has 0 saturated heterocycles. The molecule has 0 fully saturated rings. The summed E-state index contributed by atoms with van der Waals surface area (Å²) in [5, 5.41) is 0.921. The third-order valence-electron chi connectivity index (χ3n) is 2.36. The Morgan fingerprint density at radius 1 is 1.38 bits per heavy atom. The summed E-state index contributed by atoms with van der Waals surface area (Å²) in [6, 6.07) is 9.23. The second-order valence-electron chi connectivity index (χ2n) is 3.64. The minimum Gasteiger partial charge on any atom is -0.460 e. The molecule has 0 radical (unpaired) electrons. The van der Waals surface area contributed by atoms with Gasteiger partial charge in [-0.2, -0.15) is 0 Å². The summed E-state index contributed by atoms with van der Waals surface area (Å²) in [4.78, 5) is 11.6. The Morgan fingerprint density at radius 2 is 2.19 bits per heavy atom. The molecular weight excluding hydrogens is 204 g/mol. The summed E-state index contributed by atoms with van der Waals surface area (Å²) in [7, 11) is 0. The normalized spacial score (nSPS) is 10.6. The molecule has 0 saturated carbocycles. The number of rotatable bonds is 4. The minimum absolute atomic E-state index is 0.275. The predicted octanol–water partition coefficient (Wildman–Crippen LogP) is 3.39. The van der Waals surface area contributed by atoms with E-state index in [1.165, 1.54) is 0 Å². The first-order valence-electron chi connectivity index (χ1n) is 5.47. The van der Waals surface area contributed by atoms with Crippen LogP contribution in [0.25, 0.3) is 11.0 Å². The zero-order valence-corrected chi connectivity index (χ0v) is 9.23. The topological polar surface area (TPSA) is 39.4 Å². The summed E-state index contributed by atoms with van der Waals surface area (Å²) in [5.74, 6) is -0.109. The summed E-state index contributed by atoms with van der Waals surface area (Å²) >= 11 is 0. The summed E-state index contributed by atoms with van der Waals surface area (Å²) in [6.45, 7) is 2.50. The van der Waals surface area contributed by atoms with Gasteiger partial charge >= 0.3 is 5.97 Å². The Kier molecular flexibility index (Phi) is 3.25. The van der Waals surface area contributed by atoms with Crippen LogP contribution in [-0.2, 0) is 4.74 Å². The van der Waals surface area contributed by atoms with Crippen LogP contribution in [0.5, 0.6) is 0 Å². The Labute approximate surface area is 94.0 Å². The minimum atomic E-state index is -0.385. The number of carbonyl (C=O) groups is 1. The van der Waals surface area contributed by atoms with Crippen LogP contribution in [0.3, 0.4) is 0 Å². The van der Waals surface area contributed by atoms with Gasteiger partial charge in [0.2, 0.25) is 5.76 Å². The lowest BCUT2D eigenvalue weighted by Gasteiger charge is -1.99. The molecule has 0 bridgehead atoms. The van der Waals surface area contributed by atoms with Crippen molar-refractivity contribution in [3.8, 4) is 0 Å². The molecular formula is C13H14O3. The summed E-state index contributed by atoms with van der Waals surface area (Å²) in [6.07, 6.45) is 1.89. The molecule has 0 atom stereocenters. The summed E-state index contributed by atoms with van der Waals surface area (Å²) in [5.41, 5.74) is 0.713. The predicted molar refractivity (Wildman–Crippen MR) is 61.4 cm³/mol. The smallest absolute Gasteiger partial charge is 0.374 e. The molecule has 0 N–H and O–H groups in total. The van der Waals surface area contributed by atoms with Crippen molar-refractivity contribution >= 4 is 16.9 Å². The molecule has 0 aliphatic heterocycles. The molecule has 1 heterocycles. The molecule has 0 aliphatic carbocycles. The van der Waals surface area contributed by atoms with Crippen molar-refractivity contribution < 1.29 is 13.9 Å². The second-order valence-corrected chi connectivity index (χ2v) is 3.64. The molecule has 3 nitrogen and oxygen atoms in total. The van der Waals surface area contributed by atoms with Crippen LogP contribution in [0, 0.1) is 0 Å². The van der Waals surface area contributed by atoms with Gasteiger partial charge in [-0.25, -0.2) is 4.79 Å². The van der Waals surface area contributed by atoms with E-state index in [2.05, 4.69) is 6.92 Å². The maximum absolute atomic E-state index is 11.6. The van der Waals surface area contributed by atoms with Crippen LogP contribution in [0.2, 0.25) is 0 Å². The largest absolute Gasteiger partial charge is 0.460 e. The van der Waals surface area contributed by atoms with Crippen molar-refractivity contribution in [3.63, 3.8) is 0 Å². The Hall–Kier alpha value is -1.77. The molecule has 0 amide bonds. The lowest BCUT2D eigenvalue weighted by molar-refractivity contribution is 0.0466. The van der Waals surface area contributed by atoms with Crippen LogP contribution in [-0.4, -0.2) is 12.6 Å². The van der Waals surface area contributed by atoms with Crippen LogP contribution in [0.15, 0.2) is 34.7 Å². The highest BCUT2D eigenvalue weighted by Crippen LogP contribution is 2.19. The molecule has 2 aromatic rings. The van der Waals surface area contributed by atoms with Crippen molar-refractivity contribution in [2.24, 2.45) is 0 Å². The fraction of sp³-hybridized carbons (Fsp3) is 0.308. The lowest BCUT2D eigenvalue weighted by Crippen LogP contribution is -2.04. The second kappa shape index (κ2) is 4.84. The van der Waals surface area contributed by atoms with Gasteiger partial charge in [0.05, 0.1) is 6.61 Å². The number of benzene rings is 1. The van der Waals surface area contributed by atoms with E-state index >= 15 is 0 Å². The van der Waals surface area contributed by atoms with Crippen molar-refractivity contribution in [1.29, 1.82) is 0 Å². The van der Waals surface area contributed by atoms with Gasteiger partial charge < -0.3 is 9.15 Å². The van der Waals surface area contributed by atoms with E-state index in [1.807, 2.05) is 24.3 Å². The first-order valence-corrected chi connectivity index (χ1v) is 5.47. The standard InChI is InChI=1S/C13H14O3/c1-2-3-8-15-13(14)12-9-10-6-4-5-7-11(10)16-12/h4-7,9H,2-3,8H2,1H3. The third-order valence-corrected chi connectivity index (χ3v) is 2.36. The van der Waals surface area contributed by atoms with E-state index in [0.717, 1.165) is 18.2 Å². The van der Waals surface area contributed by atoms with Crippen molar-refractivity contribution in [2.45, 2.75) is 19.8 Å². The number of carbonyl (C=O) groups excluding carboxylic acids is 1. The van der Waals surface area contributed by atoms with Crippen molar-refractivity contribution in [2.75, 3.05) is 6.61 Å². The molecule has 1 aromatic heterocycles. The first-order chi connectivity index (χ1) is 7.81. The lowest BCUT2D eigenvalue weighted by atomic mass is 10.2. The Morgan fingerprint density at radius 3 is 2.94 bits per heavy atom. The monoisotopic (exact) mass is 218 g/mol. The van der Waals surface area contributed by atoms with Gasteiger partial charge in [0, 0.05) is 5.39 Å². The number of hydrogen-bond acceptors (Lipinski definition) is 3.